The lowest BCUT2D eigenvalue weighted by Crippen LogP contribution is -2.10. The van der Waals surface area contributed by atoms with Gasteiger partial charge in [0.2, 0.25) is 0 Å². The second-order valence-electron chi connectivity index (χ2n) is 4.19. The van der Waals surface area contributed by atoms with Crippen LogP contribution < -0.4 is 5.73 Å². The molecule has 0 aromatic heterocycles. The van der Waals surface area contributed by atoms with Crippen LogP contribution in [-0.4, -0.2) is 5.11 Å². The van der Waals surface area contributed by atoms with Crippen LogP contribution in [0.2, 0.25) is 0 Å². The van der Waals surface area contributed by atoms with E-state index in [-0.39, 0.29) is 18.4 Å². The van der Waals surface area contributed by atoms with Crippen LogP contribution in [0.3, 0.4) is 0 Å². The zero-order chi connectivity index (χ0) is 12.3. The zero-order valence-electron chi connectivity index (χ0n) is 10.2. The number of aromatic hydroxyl groups is 1. The molecule has 0 aliphatic heterocycles. The Bertz CT molecular complexity index is 539. The summed E-state index contributed by atoms with van der Waals surface area (Å²) >= 11 is 0. The molecule has 0 aliphatic rings. The first-order valence-electron chi connectivity index (χ1n) is 5.81. The number of nitrogens with two attached hydrogens (primary N) is 1. The lowest BCUT2D eigenvalue weighted by Gasteiger charge is -2.14. The molecule has 0 heterocycles. The van der Waals surface area contributed by atoms with E-state index in [4.69, 9.17) is 5.73 Å². The van der Waals surface area contributed by atoms with Crippen LogP contribution in [0.15, 0.2) is 49.1 Å². The maximum atomic E-state index is 9.80. The van der Waals surface area contributed by atoms with Gasteiger partial charge in [0.25, 0.3) is 0 Å². The third kappa shape index (κ3) is 2.84. The van der Waals surface area contributed by atoms with Crippen molar-refractivity contribution in [3.05, 3.63) is 54.6 Å². The predicted octanol–water partition coefficient (Wildman–Crippen LogP) is 3.93. The lowest BCUT2D eigenvalue weighted by molar-refractivity contribution is 0.481. The summed E-state index contributed by atoms with van der Waals surface area (Å²) in [6, 6.07) is 11.4. The highest BCUT2D eigenvalue weighted by Crippen LogP contribution is 2.31. The molecule has 0 saturated carbocycles. The monoisotopic (exact) mass is 263 g/mol. The second-order valence-corrected chi connectivity index (χ2v) is 4.19. The Kier molecular flexibility index (Phi) is 5.20. The molecule has 0 bridgehead atoms. The highest BCUT2D eigenvalue weighted by Gasteiger charge is 2.10. The van der Waals surface area contributed by atoms with Crippen molar-refractivity contribution in [1.82, 2.24) is 0 Å². The number of hydrogen-bond donors (Lipinski definition) is 2. The molecule has 0 amide bonds. The molecule has 96 valence electrons. The van der Waals surface area contributed by atoms with Crippen LogP contribution in [0.5, 0.6) is 5.75 Å². The van der Waals surface area contributed by atoms with Crippen molar-refractivity contribution < 1.29 is 5.11 Å². The molecular weight excluding hydrogens is 246 g/mol. The number of phenolic OH excluding ortho intramolecular Hbond substituents is 1. The number of phenols is 1. The molecule has 0 unspecified atom stereocenters. The molecule has 18 heavy (non-hydrogen) atoms. The van der Waals surface area contributed by atoms with Gasteiger partial charge in [-0.15, -0.1) is 19.0 Å². The molecule has 3 heteroatoms. The first-order valence-corrected chi connectivity index (χ1v) is 5.81. The number of fused-ring (bicyclic) bond motifs is 1. The van der Waals surface area contributed by atoms with E-state index < -0.39 is 0 Å². The van der Waals surface area contributed by atoms with E-state index in [9.17, 15) is 5.11 Å². The Morgan fingerprint density at radius 2 is 1.83 bits per heavy atom. The highest BCUT2D eigenvalue weighted by molar-refractivity contribution is 5.91. The van der Waals surface area contributed by atoms with Crippen molar-refractivity contribution >= 4 is 23.2 Å². The van der Waals surface area contributed by atoms with Gasteiger partial charge in [-0.25, -0.2) is 0 Å². The Hall–Kier alpha value is -1.51. The summed E-state index contributed by atoms with van der Waals surface area (Å²) in [5.41, 5.74) is 7.25. The van der Waals surface area contributed by atoms with Gasteiger partial charge < -0.3 is 10.8 Å². The van der Waals surface area contributed by atoms with Crippen molar-refractivity contribution in [2.45, 2.75) is 18.9 Å². The summed E-state index contributed by atoms with van der Waals surface area (Å²) in [6.45, 7) is 3.71. The van der Waals surface area contributed by atoms with Gasteiger partial charge in [0.1, 0.15) is 5.75 Å². The van der Waals surface area contributed by atoms with Gasteiger partial charge in [-0.1, -0.05) is 36.4 Å². The van der Waals surface area contributed by atoms with Crippen molar-refractivity contribution in [3.63, 3.8) is 0 Å². The molecule has 2 nitrogen and oxygen atoms in total. The number of rotatable bonds is 4. The van der Waals surface area contributed by atoms with E-state index in [1.807, 2.05) is 36.4 Å². The average molecular weight is 264 g/mol. The van der Waals surface area contributed by atoms with E-state index in [0.717, 1.165) is 29.2 Å². The maximum Gasteiger partial charge on any atom is 0.123 e. The fraction of sp³-hybridized carbons (Fsp3) is 0.200. The summed E-state index contributed by atoms with van der Waals surface area (Å²) in [6.07, 6.45) is 3.65. The molecule has 0 fully saturated rings. The topological polar surface area (TPSA) is 46.2 Å². The first kappa shape index (κ1) is 14.6. The molecule has 2 aromatic carbocycles. The first-order chi connectivity index (χ1) is 8.24. The lowest BCUT2D eigenvalue weighted by atomic mass is 9.96. The van der Waals surface area contributed by atoms with Gasteiger partial charge in [-0.05, 0) is 29.9 Å². The Balaban J connectivity index is 0.00000162. The Morgan fingerprint density at radius 1 is 1.17 bits per heavy atom. The molecule has 2 aromatic rings. The normalized spacial score (nSPS) is 11.8. The standard InChI is InChI=1S/C15H17NO.ClH/c1-2-3-8-14(16)12-9-10-15(17)13-7-5-4-6-11(12)13;/h2,4-7,9-10,14,17H,1,3,8,16H2;1H/t14-;/m1./s1. The third-order valence-corrected chi connectivity index (χ3v) is 3.02. The molecule has 0 aliphatic carbocycles. The van der Waals surface area contributed by atoms with E-state index in [1.54, 1.807) is 6.07 Å². The summed E-state index contributed by atoms with van der Waals surface area (Å²) in [4.78, 5) is 0. The highest BCUT2D eigenvalue weighted by atomic mass is 35.5. The quantitative estimate of drug-likeness (QED) is 0.821. The minimum absolute atomic E-state index is 0. The second kappa shape index (κ2) is 6.43. The van der Waals surface area contributed by atoms with E-state index in [0.29, 0.717) is 5.75 Å². The number of allylic oxidation sites excluding steroid dienone is 1. The fourth-order valence-electron chi connectivity index (χ4n) is 2.08. The van der Waals surface area contributed by atoms with Crippen LogP contribution in [0.1, 0.15) is 24.4 Å². The Morgan fingerprint density at radius 3 is 2.50 bits per heavy atom. The minimum Gasteiger partial charge on any atom is -0.507 e. The minimum atomic E-state index is -0.0153. The fourth-order valence-corrected chi connectivity index (χ4v) is 2.08. The number of benzene rings is 2. The summed E-state index contributed by atoms with van der Waals surface area (Å²) in [5, 5.41) is 11.7. The number of hydrogen-bond acceptors (Lipinski definition) is 2. The van der Waals surface area contributed by atoms with Crippen LogP contribution in [-0.2, 0) is 0 Å². The number of halogens is 1. The van der Waals surface area contributed by atoms with E-state index >= 15 is 0 Å². The maximum absolute atomic E-state index is 9.80. The summed E-state index contributed by atoms with van der Waals surface area (Å²) < 4.78 is 0. The SMILES string of the molecule is C=CCC[C@@H](N)c1ccc(O)c2ccccc12.Cl. The molecule has 0 radical (unpaired) electrons. The van der Waals surface area contributed by atoms with Crippen LogP contribution in [0.4, 0.5) is 0 Å². The van der Waals surface area contributed by atoms with Crippen molar-refractivity contribution in [1.29, 1.82) is 0 Å². The van der Waals surface area contributed by atoms with Crippen molar-refractivity contribution in [2.75, 3.05) is 0 Å². The van der Waals surface area contributed by atoms with Gasteiger partial charge in [-0.3, -0.25) is 0 Å². The van der Waals surface area contributed by atoms with Gasteiger partial charge in [0, 0.05) is 11.4 Å². The largest absolute Gasteiger partial charge is 0.507 e. The van der Waals surface area contributed by atoms with Crippen molar-refractivity contribution in [3.8, 4) is 5.75 Å². The van der Waals surface area contributed by atoms with Crippen molar-refractivity contribution in [2.24, 2.45) is 5.73 Å². The van der Waals surface area contributed by atoms with Gasteiger partial charge >= 0.3 is 0 Å². The average Bonchev–Trinajstić information content (AvgIpc) is 2.37. The summed E-state index contributed by atoms with van der Waals surface area (Å²) in [5.74, 6) is 0.306. The zero-order valence-corrected chi connectivity index (χ0v) is 11.0. The third-order valence-electron chi connectivity index (χ3n) is 3.02. The van der Waals surface area contributed by atoms with Gasteiger partial charge in [0.05, 0.1) is 0 Å². The molecule has 2 rings (SSSR count). The van der Waals surface area contributed by atoms with E-state index in [2.05, 4.69) is 6.58 Å². The van der Waals surface area contributed by atoms with E-state index in [1.165, 1.54) is 0 Å². The molecule has 1 atom stereocenters. The predicted molar refractivity (Wildman–Crippen MR) is 79.2 cm³/mol. The van der Waals surface area contributed by atoms with Gasteiger partial charge in [-0.2, -0.15) is 0 Å². The molecule has 0 saturated heterocycles. The molecular formula is C15H18ClNO. The van der Waals surface area contributed by atoms with Gasteiger partial charge in [0.15, 0.2) is 0 Å². The molecule has 3 N–H and O–H groups in total. The Labute approximate surface area is 114 Å². The smallest absolute Gasteiger partial charge is 0.123 e. The van der Waals surface area contributed by atoms with Crippen LogP contribution in [0, 0.1) is 0 Å². The summed E-state index contributed by atoms with van der Waals surface area (Å²) in [7, 11) is 0. The van der Waals surface area contributed by atoms with Crippen LogP contribution >= 0.6 is 12.4 Å². The molecule has 0 spiro atoms. The van der Waals surface area contributed by atoms with Crippen LogP contribution in [0.25, 0.3) is 10.8 Å².